The maximum atomic E-state index is 6.04. The van der Waals surface area contributed by atoms with Crippen LogP contribution in [0.4, 0.5) is 16.5 Å². The van der Waals surface area contributed by atoms with Crippen LogP contribution < -0.4 is 10.2 Å². The second kappa shape index (κ2) is 8.09. The summed E-state index contributed by atoms with van der Waals surface area (Å²) >= 11 is 13.6. The Hall–Kier alpha value is -1.75. The van der Waals surface area contributed by atoms with Gasteiger partial charge in [0.25, 0.3) is 0 Å². The van der Waals surface area contributed by atoms with Gasteiger partial charge in [-0.2, -0.15) is 0 Å². The van der Waals surface area contributed by atoms with E-state index in [-0.39, 0.29) is 0 Å². The van der Waals surface area contributed by atoms with Crippen LogP contribution in [0.25, 0.3) is 11.3 Å². The van der Waals surface area contributed by atoms with E-state index in [1.54, 1.807) is 17.4 Å². The molecule has 0 fully saturated rings. The van der Waals surface area contributed by atoms with Crippen LogP contribution in [-0.4, -0.2) is 18.1 Å². The minimum absolute atomic E-state index is 0.596. The van der Waals surface area contributed by atoms with Gasteiger partial charge in [0.15, 0.2) is 5.13 Å². The first-order valence-electron chi connectivity index (χ1n) is 8.13. The van der Waals surface area contributed by atoms with E-state index in [0.29, 0.717) is 10.0 Å². The van der Waals surface area contributed by atoms with Gasteiger partial charge in [0, 0.05) is 45.5 Å². The summed E-state index contributed by atoms with van der Waals surface area (Å²) < 4.78 is 0. The Balaban J connectivity index is 1.77. The molecule has 0 saturated carbocycles. The summed E-state index contributed by atoms with van der Waals surface area (Å²) in [6.07, 6.45) is 0. The third-order valence-corrected chi connectivity index (χ3v) is 5.10. The van der Waals surface area contributed by atoms with E-state index in [9.17, 15) is 0 Å². The number of hydrogen-bond acceptors (Lipinski definition) is 4. The minimum Gasteiger partial charge on any atom is -0.372 e. The third kappa shape index (κ3) is 4.46. The lowest BCUT2D eigenvalue weighted by molar-refractivity contribution is 0.866. The highest BCUT2D eigenvalue weighted by Gasteiger charge is 2.07. The maximum Gasteiger partial charge on any atom is 0.187 e. The van der Waals surface area contributed by atoms with Gasteiger partial charge in [0.1, 0.15) is 0 Å². The van der Waals surface area contributed by atoms with Crippen LogP contribution in [-0.2, 0) is 0 Å². The van der Waals surface area contributed by atoms with Crippen LogP contribution in [0.1, 0.15) is 13.8 Å². The standard InChI is InChI=1S/C19H19Cl2N3S/c1-3-24(4-2)17-7-5-13(6-8-17)18-12-25-19(23-18)22-16-10-14(20)9-15(21)11-16/h5-12H,3-4H2,1-2H3,(H,22,23). The molecule has 0 saturated heterocycles. The molecule has 0 spiro atoms. The Bertz CT molecular complexity index is 822. The Morgan fingerprint density at radius 1 is 1.00 bits per heavy atom. The first-order chi connectivity index (χ1) is 12.1. The monoisotopic (exact) mass is 391 g/mol. The normalized spacial score (nSPS) is 10.7. The van der Waals surface area contributed by atoms with Gasteiger partial charge >= 0.3 is 0 Å². The van der Waals surface area contributed by atoms with Crippen LogP contribution in [0, 0.1) is 0 Å². The maximum absolute atomic E-state index is 6.04. The molecule has 2 aromatic carbocycles. The lowest BCUT2D eigenvalue weighted by Crippen LogP contribution is -2.21. The van der Waals surface area contributed by atoms with Gasteiger partial charge in [-0.25, -0.2) is 4.98 Å². The van der Waals surface area contributed by atoms with Crippen LogP contribution in [0.3, 0.4) is 0 Å². The number of thiazole rings is 1. The fourth-order valence-corrected chi connectivity index (χ4v) is 3.91. The average molecular weight is 392 g/mol. The molecule has 3 aromatic rings. The van der Waals surface area contributed by atoms with Crippen molar-refractivity contribution in [3.63, 3.8) is 0 Å². The molecule has 0 bridgehead atoms. The molecule has 0 amide bonds. The number of anilines is 3. The number of aromatic nitrogens is 1. The number of nitrogens with one attached hydrogen (secondary N) is 1. The van der Waals surface area contributed by atoms with Crippen molar-refractivity contribution < 1.29 is 0 Å². The Morgan fingerprint density at radius 3 is 2.24 bits per heavy atom. The van der Waals surface area contributed by atoms with E-state index in [0.717, 1.165) is 35.2 Å². The van der Waals surface area contributed by atoms with E-state index < -0.39 is 0 Å². The van der Waals surface area contributed by atoms with Crippen molar-refractivity contribution in [2.24, 2.45) is 0 Å². The summed E-state index contributed by atoms with van der Waals surface area (Å²) in [6.45, 7) is 6.33. The highest BCUT2D eigenvalue weighted by Crippen LogP contribution is 2.30. The van der Waals surface area contributed by atoms with Crippen LogP contribution in [0.5, 0.6) is 0 Å². The predicted octanol–water partition coefficient (Wildman–Crippen LogP) is 6.71. The Labute approximate surface area is 162 Å². The molecule has 0 aliphatic heterocycles. The zero-order chi connectivity index (χ0) is 17.8. The van der Waals surface area contributed by atoms with Gasteiger partial charge in [0.2, 0.25) is 0 Å². The molecule has 1 heterocycles. The quantitative estimate of drug-likeness (QED) is 0.506. The van der Waals surface area contributed by atoms with Gasteiger partial charge < -0.3 is 10.2 Å². The largest absolute Gasteiger partial charge is 0.372 e. The summed E-state index contributed by atoms with van der Waals surface area (Å²) in [5.74, 6) is 0. The van der Waals surface area contributed by atoms with Gasteiger partial charge in [-0.3, -0.25) is 0 Å². The van der Waals surface area contributed by atoms with Crippen LogP contribution in [0.2, 0.25) is 10.0 Å². The first kappa shape index (κ1) is 18.1. The van der Waals surface area contributed by atoms with Crippen molar-refractivity contribution in [1.82, 2.24) is 4.98 Å². The summed E-state index contributed by atoms with van der Waals surface area (Å²) in [4.78, 5) is 6.98. The lowest BCUT2D eigenvalue weighted by atomic mass is 10.1. The number of halogens is 2. The number of benzene rings is 2. The molecule has 1 aromatic heterocycles. The summed E-state index contributed by atoms with van der Waals surface area (Å²) in [7, 11) is 0. The Kier molecular flexibility index (Phi) is 5.84. The highest BCUT2D eigenvalue weighted by atomic mass is 35.5. The summed E-state index contributed by atoms with van der Waals surface area (Å²) in [6, 6.07) is 13.9. The molecule has 0 unspecified atom stereocenters. The molecule has 130 valence electrons. The van der Waals surface area contributed by atoms with Crippen molar-refractivity contribution in [3.05, 3.63) is 57.9 Å². The number of hydrogen-bond donors (Lipinski definition) is 1. The van der Waals surface area contributed by atoms with E-state index in [4.69, 9.17) is 23.2 Å². The topological polar surface area (TPSA) is 28.2 Å². The van der Waals surface area contributed by atoms with Crippen molar-refractivity contribution in [1.29, 1.82) is 0 Å². The molecule has 0 aliphatic rings. The third-order valence-electron chi connectivity index (χ3n) is 3.91. The van der Waals surface area contributed by atoms with E-state index >= 15 is 0 Å². The van der Waals surface area contributed by atoms with Crippen LogP contribution >= 0.6 is 34.5 Å². The zero-order valence-electron chi connectivity index (χ0n) is 14.1. The molecule has 3 rings (SSSR count). The van der Waals surface area contributed by atoms with Crippen LogP contribution in [0.15, 0.2) is 47.8 Å². The second-order valence-corrected chi connectivity index (χ2v) is 7.27. The number of nitrogens with zero attached hydrogens (tertiary/aromatic N) is 2. The summed E-state index contributed by atoms with van der Waals surface area (Å²) in [5, 5.41) is 7.30. The van der Waals surface area contributed by atoms with E-state index in [1.807, 2.05) is 17.5 Å². The van der Waals surface area contributed by atoms with Gasteiger partial charge in [-0.15, -0.1) is 11.3 Å². The average Bonchev–Trinajstić information content (AvgIpc) is 3.04. The molecule has 0 aliphatic carbocycles. The fourth-order valence-electron chi connectivity index (χ4n) is 2.64. The van der Waals surface area contributed by atoms with Gasteiger partial charge in [-0.05, 0) is 44.2 Å². The molecule has 0 radical (unpaired) electrons. The van der Waals surface area contributed by atoms with E-state index in [2.05, 4.69) is 53.3 Å². The van der Waals surface area contributed by atoms with Gasteiger partial charge in [0.05, 0.1) is 5.69 Å². The van der Waals surface area contributed by atoms with Crippen molar-refractivity contribution in [2.45, 2.75) is 13.8 Å². The molecule has 6 heteroatoms. The SMILES string of the molecule is CCN(CC)c1ccc(-c2csc(Nc3cc(Cl)cc(Cl)c3)n2)cc1. The molecular weight excluding hydrogens is 373 g/mol. The number of rotatable bonds is 6. The predicted molar refractivity (Wildman–Crippen MR) is 111 cm³/mol. The molecular formula is C19H19Cl2N3S. The molecule has 0 atom stereocenters. The van der Waals surface area contributed by atoms with E-state index in [1.165, 1.54) is 5.69 Å². The summed E-state index contributed by atoms with van der Waals surface area (Å²) in [5.41, 5.74) is 4.11. The van der Waals surface area contributed by atoms with Crippen molar-refractivity contribution >= 4 is 51.0 Å². The first-order valence-corrected chi connectivity index (χ1v) is 9.76. The van der Waals surface area contributed by atoms with Crippen molar-refractivity contribution in [2.75, 3.05) is 23.3 Å². The van der Waals surface area contributed by atoms with Crippen molar-refractivity contribution in [3.8, 4) is 11.3 Å². The molecule has 3 nitrogen and oxygen atoms in total. The second-order valence-electron chi connectivity index (χ2n) is 5.54. The molecule has 1 N–H and O–H groups in total. The zero-order valence-corrected chi connectivity index (χ0v) is 16.4. The lowest BCUT2D eigenvalue weighted by Gasteiger charge is -2.20. The Morgan fingerprint density at radius 2 is 1.64 bits per heavy atom. The molecule has 25 heavy (non-hydrogen) atoms. The highest BCUT2D eigenvalue weighted by molar-refractivity contribution is 7.14. The smallest absolute Gasteiger partial charge is 0.187 e. The van der Waals surface area contributed by atoms with Gasteiger partial charge in [-0.1, -0.05) is 35.3 Å². The minimum atomic E-state index is 0.596. The fraction of sp³-hybridized carbons (Fsp3) is 0.211.